The standard InChI is InChI=1S/C13H17N3O/c1-17-10-12-4-2-11(3-5-12)6-14-7-13-8-15-16-9-13/h2-5,8-9,14H,6-7,10H2,1H3,(H,15,16). The van der Waals surface area contributed by atoms with E-state index in [1.807, 2.05) is 12.4 Å². The van der Waals surface area contributed by atoms with Crippen molar-refractivity contribution >= 4 is 0 Å². The summed E-state index contributed by atoms with van der Waals surface area (Å²) in [5.41, 5.74) is 3.64. The Morgan fingerprint density at radius 1 is 1.12 bits per heavy atom. The highest BCUT2D eigenvalue weighted by Crippen LogP contribution is 2.05. The molecular formula is C13H17N3O. The van der Waals surface area contributed by atoms with Crippen molar-refractivity contribution in [2.24, 2.45) is 0 Å². The van der Waals surface area contributed by atoms with E-state index in [9.17, 15) is 0 Å². The number of aromatic amines is 1. The molecule has 4 heteroatoms. The van der Waals surface area contributed by atoms with Crippen LogP contribution in [0.4, 0.5) is 0 Å². The average Bonchev–Trinajstić information content (AvgIpc) is 2.85. The number of benzene rings is 1. The predicted octanol–water partition coefficient (Wildman–Crippen LogP) is 1.85. The lowest BCUT2D eigenvalue weighted by Crippen LogP contribution is -2.12. The molecule has 0 unspecified atom stereocenters. The van der Waals surface area contributed by atoms with Crippen LogP contribution in [0.1, 0.15) is 16.7 Å². The topological polar surface area (TPSA) is 49.9 Å². The van der Waals surface area contributed by atoms with Crippen molar-refractivity contribution in [2.75, 3.05) is 7.11 Å². The fourth-order valence-electron chi connectivity index (χ4n) is 1.65. The Morgan fingerprint density at radius 3 is 2.47 bits per heavy atom. The molecular weight excluding hydrogens is 214 g/mol. The van der Waals surface area contributed by atoms with Gasteiger partial charge in [0.2, 0.25) is 0 Å². The van der Waals surface area contributed by atoms with E-state index in [-0.39, 0.29) is 0 Å². The molecule has 0 saturated heterocycles. The maximum atomic E-state index is 5.07. The molecule has 0 saturated carbocycles. The number of nitrogens with zero attached hydrogens (tertiary/aromatic N) is 1. The number of ether oxygens (including phenoxy) is 1. The van der Waals surface area contributed by atoms with Crippen LogP contribution < -0.4 is 5.32 Å². The van der Waals surface area contributed by atoms with Crippen LogP contribution in [0.3, 0.4) is 0 Å². The van der Waals surface area contributed by atoms with Crippen molar-refractivity contribution in [1.29, 1.82) is 0 Å². The zero-order chi connectivity index (χ0) is 11.9. The third-order valence-electron chi connectivity index (χ3n) is 2.55. The molecule has 2 rings (SSSR count). The summed E-state index contributed by atoms with van der Waals surface area (Å²) in [5, 5.41) is 10.1. The number of rotatable bonds is 6. The third-order valence-corrected chi connectivity index (χ3v) is 2.55. The number of hydrogen-bond donors (Lipinski definition) is 2. The molecule has 0 amide bonds. The minimum atomic E-state index is 0.669. The quantitative estimate of drug-likeness (QED) is 0.797. The number of H-pyrrole nitrogens is 1. The number of hydrogen-bond acceptors (Lipinski definition) is 3. The summed E-state index contributed by atoms with van der Waals surface area (Å²) in [4.78, 5) is 0. The maximum absolute atomic E-state index is 5.07. The van der Waals surface area contributed by atoms with Crippen LogP contribution in [0.15, 0.2) is 36.7 Å². The van der Waals surface area contributed by atoms with Gasteiger partial charge in [-0.3, -0.25) is 5.10 Å². The van der Waals surface area contributed by atoms with Gasteiger partial charge in [0.1, 0.15) is 0 Å². The van der Waals surface area contributed by atoms with E-state index in [2.05, 4.69) is 39.8 Å². The second-order valence-corrected chi connectivity index (χ2v) is 3.96. The summed E-state index contributed by atoms with van der Waals surface area (Å²) in [6, 6.07) is 8.43. The van der Waals surface area contributed by atoms with Gasteiger partial charge in [-0.1, -0.05) is 24.3 Å². The normalized spacial score (nSPS) is 10.6. The van der Waals surface area contributed by atoms with Crippen LogP contribution in [0, 0.1) is 0 Å². The molecule has 0 spiro atoms. The summed E-state index contributed by atoms with van der Waals surface area (Å²) < 4.78 is 5.07. The molecule has 0 aliphatic heterocycles. The molecule has 0 atom stereocenters. The second-order valence-electron chi connectivity index (χ2n) is 3.96. The number of methoxy groups -OCH3 is 1. The Balaban J connectivity index is 1.79. The molecule has 1 aromatic carbocycles. The van der Waals surface area contributed by atoms with Crippen molar-refractivity contribution < 1.29 is 4.74 Å². The van der Waals surface area contributed by atoms with Crippen molar-refractivity contribution in [1.82, 2.24) is 15.5 Å². The Kier molecular flexibility index (Phi) is 4.30. The van der Waals surface area contributed by atoms with E-state index < -0.39 is 0 Å². The summed E-state index contributed by atoms with van der Waals surface area (Å²) in [6.45, 7) is 2.36. The average molecular weight is 231 g/mol. The van der Waals surface area contributed by atoms with Gasteiger partial charge in [0, 0.05) is 32.0 Å². The van der Waals surface area contributed by atoms with Crippen LogP contribution in [-0.4, -0.2) is 17.3 Å². The zero-order valence-electron chi connectivity index (χ0n) is 9.94. The highest BCUT2D eigenvalue weighted by atomic mass is 16.5. The first kappa shape index (κ1) is 11.8. The van der Waals surface area contributed by atoms with E-state index in [4.69, 9.17) is 4.74 Å². The molecule has 4 nitrogen and oxygen atoms in total. The smallest absolute Gasteiger partial charge is 0.0713 e. The molecule has 0 radical (unpaired) electrons. The minimum Gasteiger partial charge on any atom is -0.380 e. The van der Waals surface area contributed by atoms with Crippen LogP contribution in [0.2, 0.25) is 0 Å². The second kappa shape index (κ2) is 6.18. The Labute approximate surface area is 101 Å². The molecule has 0 bridgehead atoms. The predicted molar refractivity (Wildman–Crippen MR) is 66.3 cm³/mol. The molecule has 90 valence electrons. The van der Waals surface area contributed by atoms with Crippen LogP contribution in [0.25, 0.3) is 0 Å². The summed E-state index contributed by atoms with van der Waals surface area (Å²) >= 11 is 0. The number of nitrogens with one attached hydrogen (secondary N) is 2. The van der Waals surface area contributed by atoms with E-state index in [1.54, 1.807) is 7.11 Å². The molecule has 2 N–H and O–H groups in total. The molecule has 0 fully saturated rings. The first-order valence-corrected chi connectivity index (χ1v) is 5.63. The summed E-state index contributed by atoms with van der Waals surface area (Å²) in [6.07, 6.45) is 3.73. The highest BCUT2D eigenvalue weighted by molar-refractivity contribution is 5.22. The van der Waals surface area contributed by atoms with Gasteiger partial charge >= 0.3 is 0 Å². The Hall–Kier alpha value is -1.65. The van der Waals surface area contributed by atoms with E-state index in [0.717, 1.165) is 13.1 Å². The van der Waals surface area contributed by atoms with E-state index >= 15 is 0 Å². The van der Waals surface area contributed by atoms with Crippen molar-refractivity contribution in [3.8, 4) is 0 Å². The van der Waals surface area contributed by atoms with Gasteiger partial charge in [-0.05, 0) is 11.1 Å². The third kappa shape index (κ3) is 3.69. The van der Waals surface area contributed by atoms with Crippen LogP contribution in [0.5, 0.6) is 0 Å². The molecule has 1 heterocycles. The van der Waals surface area contributed by atoms with Gasteiger partial charge in [-0.25, -0.2) is 0 Å². The monoisotopic (exact) mass is 231 g/mol. The molecule has 0 aliphatic rings. The molecule has 1 aromatic heterocycles. The van der Waals surface area contributed by atoms with Crippen molar-refractivity contribution in [3.05, 3.63) is 53.3 Å². The van der Waals surface area contributed by atoms with Gasteiger partial charge < -0.3 is 10.1 Å². The first-order valence-electron chi connectivity index (χ1n) is 5.63. The van der Waals surface area contributed by atoms with Gasteiger partial charge in [-0.2, -0.15) is 5.10 Å². The maximum Gasteiger partial charge on any atom is 0.0713 e. The lowest BCUT2D eigenvalue weighted by Gasteiger charge is -2.05. The molecule has 0 aliphatic carbocycles. The molecule has 2 aromatic rings. The zero-order valence-corrected chi connectivity index (χ0v) is 9.94. The lowest BCUT2D eigenvalue weighted by molar-refractivity contribution is 0.185. The fraction of sp³-hybridized carbons (Fsp3) is 0.308. The lowest BCUT2D eigenvalue weighted by atomic mass is 10.1. The van der Waals surface area contributed by atoms with Gasteiger partial charge in [0.25, 0.3) is 0 Å². The largest absolute Gasteiger partial charge is 0.380 e. The summed E-state index contributed by atoms with van der Waals surface area (Å²) in [5.74, 6) is 0. The number of aromatic nitrogens is 2. The SMILES string of the molecule is COCc1ccc(CNCc2cn[nH]c2)cc1. The van der Waals surface area contributed by atoms with Gasteiger partial charge in [0.05, 0.1) is 12.8 Å². The molecule has 17 heavy (non-hydrogen) atoms. The van der Waals surface area contributed by atoms with E-state index in [1.165, 1.54) is 16.7 Å². The summed E-state index contributed by atoms with van der Waals surface area (Å²) in [7, 11) is 1.71. The Morgan fingerprint density at radius 2 is 1.82 bits per heavy atom. The van der Waals surface area contributed by atoms with Gasteiger partial charge in [0.15, 0.2) is 0 Å². The fourth-order valence-corrected chi connectivity index (χ4v) is 1.65. The van der Waals surface area contributed by atoms with Gasteiger partial charge in [-0.15, -0.1) is 0 Å². The van der Waals surface area contributed by atoms with Crippen LogP contribution in [-0.2, 0) is 24.4 Å². The van der Waals surface area contributed by atoms with Crippen molar-refractivity contribution in [2.45, 2.75) is 19.7 Å². The van der Waals surface area contributed by atoms with Crippen molar-refractivity contribution in [3.63, 3.8) is 0 Å². The minimum absolute atomic E-state index is 0.669. The van der Waals surface area contributed by atoms with Crippen LogP contribution >= 0.6 is 0 Å². The Bertz CT molecular complexity index is 422. The first-order chi connectivity index (χ1) is 8.38. The van der Waals surface area contributed by atoms with E-state index in [0.29, 0.717) is 6.61 Å². The highest BCUT2D eigenvalue weighted by Gasteiger charge is 1.96.